The average molecular weight is 488 g/mol. The van der Waals surface area contributed by atoms with E-state index in [9.17, 15) is 14.9 Å². The largest absolute Gasteiger partial charge is 0.466 e. The molecule has 0 aliphatic carbocycles. The van der Waals surface area contributed by atoms with Crippen molar-refractivity contribution in [3.63, 3.8) is 0 Å². The van der Waals surface area contributed by atoms with E-state index in [2.05, 4.69) is 10.3 Å². The monoisotopic (exact) mass is 488 g/mol. The molecule has 0 amide bonds. The third-order valence-corrected chi connectivity index (χ3v) is 5.65. The summed E-state index contributed by atoms with van der Waals surface area (Å²) in [6.07, 6.45) is 1.61. The summed E-state index contributed by atoms with van der Waals surface area (Å²) >= 11 is 0. The van der Waals surface area contributed by atoms with Gasteiger partial charge in [0.05, 0.1) is 60.6 Å². The Bertz CT molecular complexity index is 1450. The number of anilines is 1. The molecule has 36 heavy (non-hydrogen) atoms. The molecule has 1 aliphatic heterocycles. The number of ether oxygens (including phenoxy) is 2. The van der Waals surface area contributed by atoms with E-state index in [-0.39, 0.29) is 28.4 Å². The zero-order valence-corrected chi connectivity index (χ0v) is 19.6. The van der Waals surface area contributed by atoms with Crippen LogP contribution in [0.5, 0.6) is 0 Å². The van der Waals surface area contributed by atoms with Crippen LogP contribution >= 0.6 is 0 Å². The van der Waals surface area contributed by atoms with Gasteiger partial charge in [-0.3, -0.25) is 4.90 Å². The predicted molar refractivity (Wildman–Crippen MR) is 126 cm³/mol. The van der Waals surface area contributed by atoms with Crippen molar-refractivity contribution in [2.45, 2.75) is 12.8 Å². The molecular formula is C25H21FN6O4. The zero-order chi connectivity index (χ0) is 26.0. The number of rotatable bonds is 5. The minimum Gasteiger partial charge on any atom is -0.466 e. The van der Waals surface area contributed by atoms with Crippen molar-refractivity contribution in [3.8, 4) is 11.8 Å². The SMILES string of the molecule is COC(=O)C1=C(C(=O)OC)N(c2ccc(-n3cc(C)nn3)cc2F)C(N)=C(C#N)C1c1ccccc1. The molecule has 2 heterocycles. The van der Waals surface area contributed by atoms with Crippen LogP contribution in [-0.2, 0) is 19.1 Å². The van der Waals surface area contributed by atoms with E-state index >= 15 is 4.39 Å². The molecule has 10 nitrogen and oxygen atoms in total. The molecule has 1 aromatic heterocycles. The first-order chi connectivity index (χ1) is 17.3. The molecule has 0 saturated heterocycles. The standard InChI is InChI=1S/C25H21FN6O4/c1-14-13-31(30-29-14)16-9-10-19(18(26)11-16)32-22(25(34)36-3)21(24(33)35-2)20(17(12-27)23(32)28)15-7-5-4-6-8-15/h4-11,13,20H,28H2,1-3H3. The molecule has 0 spiro atoms. The minimum atomic E-state index is -1.05. The first kappa shape index (κ1) is 24.2. The van der Waals surface area contributed by atoms with E-state index in [1.54, 1.807) is 43.5 Å². The highest BCUT2D eigenvalue weighted by molar-refractivity contribution is 6.06. The van der Waals surface area contributed by atoms with Crippen molar-refractivity contribution in [1.29, 1.82) is 5.26 Å². The quantitative estimate of drug-likeness (QED) is 0.537. The van der Waals surface area contributed by atoms with E-state index in [1.165, 1.54) is 22.9 Å². The van der Waals surface area contributed by atoms with E-state index in [1.807, 2.05) is 6.07 Å². The van der Waals surface area contributed by atoms with Gasteiger partial charge in [-0.05, 0) is 24.6 Å². The molecule has 0 radical (unpaired) electrons. The van der Waals surface area contributed by atoms with E-state index in [4.69, 9.17) is 15.2 Å². The highest BCUT2D eigenvalue weighted by Crippen LogP contribution is 2.43. The van der Waals surface area contributed by atoms with Crippen LogP contribution in [0, 0.1) is 24.1 Å². The number of benzene rings is 2. The van der Waals surface area contributed by atoms with Crippen molar-refractivity contribution in [2.75, 3.05) is 19.1 Å². The molecular weight excluding hydrogens is 467 g/mol. The summed E-state index contributed by atoms with van der Waals surface area (Å²) in [5, 5.41) is 17.9. The van der Waals surface area contributed by atoms with Crippen LogP contribution in [0.1, 0.15) is 17.2 Å². The lowest BCUT2D eigenvalue weighted by Crippen LogP contribution is -2.41. The van der Waals surface area contributed by atoms with Crippen LogP contribution in [0.15, 0.2) is 77.4 Å². The van der Waals surface area contributed by atoms with Crippen molar-refractivity contribution in [3.05, 3.63) is 94.5 Å². The first-order valence-electron chi connectivity index (χ1n) is 10.7. The smallest absolute Gasteiger partial charge is 0.355 e. The third kappa shape index (κ3) is 4.05. The van der Waals surface area contributed by atoms with Gasteiger partial charge in [0.2, 0.25) is 0 Å². The number of esters is 2. The van der Waals surface area contributed by atoms with Crippen LogP contribution in [0.4, 0.5) is 10.1 Å². The Labute approximate surface area is 205 Å². The lowest BCUT2D eigenvalue weighted by atomic mass is 9.81. The number of aryl methyl sites for hydroxylation is 1. The molecule has 1 aliphatic rings. The maximum absolute atomic E-state index is 15.5. The molecule has 0 fully saturated rings. The van der Waals surface area contributed by atoms with Crippen molar-refractivity contribution >= 4 is 17.6 Å². The second kappa shape index (κ2) is 9.71. The van der Waals surface area contributed by atoms with Crippen molar-refractivity contribution in [1.82, 2.24) is 15.0 Å². The molecule has 1 atom stereocenters. The summed E-state index contributed by atoms with van der Waals surface area (Å²) in [5.41, 5.74) is 7.07. The Balaban J connectivity index is 2.00. The summed E-state index contributed by atoms with van der Waals surface area (Å²) in [4.78, 5) is 27.1. The summed E-state index contributed by atoms with van der Waals surface area (Å²) < 4.78 is 26.8. The minimum absolute atomic E-state index is 0.0652. The number of allylic oxidation sites excluding steroid dienone is 1. The Hall–Kier alpha value is -4.98. The van der Waals surface area contributed by atoms with E-state index in [0.717, 1.165) is 19.1 Å². The molecule has 4 rings (SSSR count). The molecule has 11 heteroatoms. The number of nitrogens with two attached hydrogens (primary N) is 1. The molecule has 2 N–H and O–H groups in total. The maximum atomic E-state index is 15.5. The molecule has 3 aromatic rings. The van der Waals surface area contributed by atoms with Crippen LogP contribution in [0.2, 0.25) is 0 Å². The number of hydrogen-bond acceptors (Lipinski definition) is 9. The molecule has 0 saturated carbocycles. The zero-order valence-electron chi connectivity index (χ0n) is 19.6. The van der Waals surface area contributed by atoms with Crippen molar-refractivity contribution < 1.29 is 23.5 Å². The van der Waals surface area contributed by atoms with Gasteiger partial charge in [0.25, 0.3) is 0 Å². The topological polar surface area (TPSA) is 136 Å². The normalized spacial score (nSPS) is 15.5. The number of methoxy groups -OCH3 is 2. The van der Waals surface area contributed by atoms with Gasteiger partial charge in [0.1, 0.15) is 17.3 Å². The Kier molecular flexibility index (Phi) is 6.52. The molecule has 0 bridgehead atoms. The number of aromatic nitrogens is 3. The molecule has 2 aromatic carbocycles. The number of halogens is 1. The van der Waals surface area contributed by atoms with Gasteiger partial charge in [-0.25, -0.2) is 18.7 Å². The van der Waals surface area contributed by atoms with Gasteiger partial charge in [-0.2, -0.15) is 5.26 Å². The van der Waals surface area contributed by atoms with Crippen LogP contribution < -0.4 is 10.6 Å². The number of hydrogen-bond donors (Lipinski definition) is 1. The lowest BCUT2D eigenvalue weighted by Gasteiger charge is -2.36. The van der Waals surface area contributed by atoms with Crippen molar-refractivity contribution in [2.24, 2.45) is 5.73 Å². The van der Waals surface area contributed by atoms with Crippen LogP contribution in [-0.4, -0.2) is 41.2 Å². The fraction of sp³-hybridized carbons (Fsp3) is 0.160. The predicted octanol–water partition coefficient (Wildman–Crippen LogP) is 2.61. The van der Waals surface area contributed by atoms with Gasteiger partial charge in [-0.1, -0.05) is 35.5 Å². The van der Waals surface area contributed by atoms with Crippen LogP contribution in [0.25, 0.3) is 5.69 Å². The highest BCUT2D eigenvalue weighted by atomic mass is 19.1. The summed E-state index contributed by atoms with van der Waals surface area (Å²) in [6, 6.07) is 14.6. The summed E-state index contributed by atoms with van der Waals surface area (Å²) in [7, 11) is 2.26. The van der Waals surface area contributed by atoms with E-state index in [0.29, 0.717) is 16.9 Å². The summed E-state index contributed by atoms with van der Waals surface area (Å²) in [6.45, 7) is 1.74. The first-order valence-corrected chi connectivity index (χ1v) is 10.7. The Morgan fingerprint density at radius 1 is 1.11 bits per heavy atom. The van der Waals surface area contributed by atoms with Gasteiger partial charge >= 0.3 is 11.9 Å². The van der Waals surface area contributed by atoms with Gasteiger partial charge in [-0.15, -0.1) is 5.10 Å². The second-order valence-corrected chi connectivity index (χ2v) is 7.78. The van der Waals surface area contributed by atoms with Gasteiger partial charge in [0.15, 0.2) is 0 Å². The average Bonchev–Trinajstić information content (AvgIpc) is 3.34. The fourth-order valence-electron chi connectivity index (χ4n) is 4.06. The molecule has 182 valence electrons. The number of carbonyl (C=O) groups excluding carboxylic acids is 2. The Morgan fingerprint density at radius 2 is 1.81 bits per heavy atom. The highest BCUT2D eigenvalue weighted by Gasteiger charge is 2.43. The second-order valence-electron chi connectivity index (χ2n) is 7.78. The van der Waals surface area contributed by atoms with Gasteiger partial charge < -0.3 is 15.2 Å². The van der Waals surface area contributed by atoms with E-state index < -0.39 is 23.7 Å². The van der Waals surface area contributed by atoms with Gasteiger partial charge in [0, 0.05) is 6.07 Å². The van der Waals surface area contributed by atoms with Crippen LogP contribution in [0.3, 0.4) is 0 Å². The Morgan fingerprint density at radius 3 is 2.36 bits per heavy atom. The maximum Gasteiger partial charge on any atom is 0.355 e. The number of nitrogens with zero attached hydrogens (tertiary/aromatic N) is 5. The number of nitriles is 1. The fourth-order valence-corrected chi connectivity index (χ4v) is 4.06. The number of carbonyl (C=O) groups is 2. The summed E-state index contributed by atoms with van der Waals surface area (Å²) in [5.74, 6) is -3.95. The third-order valence-electron chi connectivity index (χ3n) is 5.65. The lowest BCUT2D eigenvalue weighted by molar-refractivity contribution is -0.139. The molecule has 1 unspecified atom stereocenters.